The van der Waals surface area contributed by atoms with Crippen LogP contribution in [0.25, 0.3) is 5.69 Å². The zero-order chi connectivity index (χ0) is 17.9. The third-order valence-corrected chi connectivity index (χ3v) is 4.76. The molecule has 26 heavy (non-hydrogen) atoms. The Balaban J connectivity index is 1.62. The molecule has 3 N–H and O–H groups in total. The molecule has 4 rings (SSSR count). The molecule has 1 aliphatic rings. The summed E-state index contributed by atoms with van der Waals surface area (Å²) in [6, 6.07) is 19.7. The fourth-order valence-electron chi connectivity index (χ4n) is 3.41. The zero-order valence-electron chi connectivity index (χ0n) is 14.4. The molecule has 0 saturated carbocycles. The number of anilines is 1. The Kier molecular flexibility index (Phi) is 4.41. The molecular weight excluding hydrogens is 328 g/mol. The Labute approximate surface area is 150 Å². The minimum absolute atomic E-state index is 0.304. The lowest BCUT2D eigenvalue weighted by Crippen LogP contribution is -3.13. The van der Waals surface area contributed by atoms with Gasteiger partial charge in [-0.15, -0.1) is 0 Å². The first-order valence-corrected chi connectivity index (χ1v) is 8.77. The van der Waals surface area contributed by atoms with Crippen LogP contribution in [0.5, 0.6) is 0 Å². The second-order valence-corrected chi connectivity index (χ2v) is 6.52. The molecule has 2 heterocycles. The Morgan fingerprint density at radius 2 is 1.65 bits per heavy atom. The van der Waals surface area contributed by atoms with Crippen molar-refractivity contribution in [3.05, 3.63) is 92.6 Å². The van der Waals surface area contributed by atoms with E-state index < -0.39 is 5.69 Å². The van der Waals surface area contributed by atoms with Crippen LogP contribution in [0.4, 0.5) is 5.82 Å². The summed E-state index contributed by atoms with van der Waals surface area (Å²) in [4.78, 5) is 28.5. The van der Waals surface area contributed by atoms with Crippen LogP contribution in [0, 0.1) is 0 Å². The SMILES string of the molecule is O=c1[nH]c(=O)n(-c2ccccc2)c2c1C[NH+](CCc1ccccc1)CN2. The summed E-state index contributed by atoms with van der Waals surface area (Å²) in [5.74, 6) is 0.605. The number of nitrogens with zero attached hydrogens (tertiary/aromatic N) is 1. The van der Waals surface area contributed by atoms with E-state index in [0.717, 1.165) is 18.7 Å². The summed E-state index contributed by atoms with van der Waals surface area (Å²) < 4.78 is 1.55. The van der Waals surface area contributed by atoms with Gasteiger partial charge in [0.1, 0.15) is 17.9 Å². The number of quaternary nitrogens is 1. The first-order valence-electron chi connectivity index (χ1n) is 8.77. The van der Waals surface area contributed by atoms with Crippen LogP contribution in [-0.4, -0.2) is 22.8 Å². The smallest absolute Gasteiger partial charge is 0.324 e. The number of nitrogens with one attached hydrogen (secondary N) is 3. The van der Waals surface area contributed by atoms with Crippen molar-refractivity contribution in [2.24, 2.45) is 0 Å². The number of hydrogen-bond acceptors (Lipinski definition) is 3. The van der Waals surface area contributed by atoms with E-state index in [-0.39, 0.29) is 5.56 Å². The summed E-state index contributed by atoms with van der Waals surface area (Å²) in [6.07, 6.45) is 0.948. The summed E-state index contributed by atoms with van der Waals surface area (Å²) in [5, 5.41) is 3.30. The van der Waals surface area contributed by atoms with Gasteiger partial charge in [-0.25, -0.2) is 9.36 Å². The largest absolute Gasteiger partial charge is 0.334 e. The Morgan fingerprint density at radius 1 is 0.962 bits per heavy atom. The van der Waals surface area contributed by atoms with Gasteiger partial charge in [-0.1, -0.05) is 48.5 Å². The summed E-state index contributed by atoms with van der Waals surface area (Å²) in [7, 11) is 0. The van der Waals surface area contributed by atoms with Gasteiger partial charge >= 0.3 is 5.69 Å². The van der Waals surface area contributed by atoms with Gasteiger partial charge in [0.2, 0.25) is 0 Å². The summed E-state index contributed by atoms with van der Waals surface area (Å²) in [5.41, 5.74) is 1.93. The number of benzene rings is 2. The third-order valence-electron chi connectivity index (χ3n) is 4.76. The van der Waals surface area contributed by atoms with Gasteiger partial charge in [0.05, 0.1) is 12.2 Å². The molecule has 3 aromatic rings. The molecule has 6 heteroatoms. The van der Waals surface area contributed by atoms with Gasteiger partial charge < -0.3 is 10.2 Å². The monoisotopic (exact) mass is 349 g/mol. The molecule has 0 spiro atoms. The zero-order valence-corrected chi connectivity index (χ0v) is 14.4. The van der Waals surface area contributed by atoms with Crippen molar-refractivity contribution in [2.75, 3.05) is 18.5 Å². The quantitative estimate of drug-likeness (QED) is 0.644. The summed E-state index contributed by atoms with van der Waals surface area (Å²) >= 11 is 0. The highest BCUT2D eigenvalue weighted by atomic mass is 16.2. The van der Waals surface area contributed by atoms with Crippen LogP contribution >= 0.6 is 0 Å². The normalized spacial score (nSPS) is 15.9. The number of H-pyrrole nitrogens is 1. The van der Waals surface area contributed by atoms with E-state index in [9.17, 15) is 9.59 Å². The molecule has 1 aromatic heterocycles. The number of fused-ring (bicyclic) bond motifs is 1. The number of aromatic amines is 1. The molecule has 6 nitrogen and oxygen atoms in total. The van der Waals surface area contributed by atoms with E-state index in [0.29, 0.717) is 24.6 Å². The van der Waals surface area contributed by atoms with Crippen LogP contribution < -0.4 is 21.5 Å². The van der Waals surface area contributed by atoms with Gasteiger partial charge in [-0.05, 0) is 17.7 Å². The van der Waals surface area contributed by atoms with Crippen LogP contribution in [0.15, 0.2) is 70.3 Å². The minimum atomic E-state index is -0.416. The van der Waals surface area contributed by atoms with Crippen LogP contribution in [-0.2, 0) is 13.0 Å². The van der Waals surface area contributed by atoms with Gasteiger partial charge in [-0.3, -0.25) is 9.78 Å². The molecule has 0 aliphatic carbocycles. The number of hydrogen-bond donors (Lipinski definition) is 3. The van der Waals surface area contributed by atoms with Crippen molar-refractivity contribution >= 4 is 5.82 Å². The van der Waals surface area contributed by atoms with E-state index in [4.69, 9.17) is 0 Å². The van der Waals surface area contributed by atoms with Crippen molar-refractivity contribution in [1.29, 1.82) is 0 Å². The number of aromatic nitrogens is 2. The van der Waals surface area contributed by atoms with Crippen LogP contribution in [0.3, 0.4) is 0 Å². The molecule has 0 saturated heterocycles. The average Bonchev–Trinajstić information content (AvgIpc) is 2.68. The molecule has 1 unspecified atom stereocenters. The van der Waals surface area contributed by atoms with Gasteiger partial charge in [-0.2, -0.15) is 0 Å². The van der Waals surface area contributed by atoms with Gasteiger partial charge in [0.15, 0.2) is 6.67 Å². The summed E-state index contributed by atoms with van der Waals surface area (Å²) in [6.45, 7) is 2.19. The molecule has 1 aliphatic heterocycles. The molecule has 0 amide bonds. The fraction of sp³-hybridized carbons (Fsp3) is 0.200. The van der Waals surface area contributed by atoms with Crippen molar-refractivity contribution in [1.82, 2.24) is 9.55 Å². The first-order chi connectivity index (χ1) is 12.7. The van der Waals surface area contributed by atoms with Crippen molar-refractivity contribution in [3.8, 4) is 5.69 Å². The highest BCUT2D eigenvalue weighted by Gasteiger charge is 2.25. The lowest BCUT2D eigenvalue weighted by molar-refractivity contribution is -0.912. The standard InChI is InChI=1S/C20H20N4O2/c25-19-17-13-23(12-11-15-7-3-1-4-8-15)14-21-18(17)24(20(26)22-19)16-9-5-2-6-10-16/h1-10,21H,11-14H2,(H,22,25,26)/p+1. The average molecular weight is 349 g/mol. The Morgan fingerprint density at radius 3 is 2.38 bits per heavy atom. The second kappa shape index (κ2) is 7.01. The Hall–Kier alpha value is -3.12. The second-order valence-electron chi connectivity index (χ2n) is 6.52. The van der Waals surface area contributed by atoms with E-state index in [1.165, 1.54) is 10.5 Å². The van der Waals surface area contributed by atoms with E-state index >= 15 is 0 Å². The third kappa shape index (κ3) is 3.19. The number of para-hydroxylation sites is 1. The number of rotatable bonds is 4. The topological polar surface area (TPSA) is 71.3 Å². The maximum Gasteiger partial charge on any atom is 0.334 e. The molecule has 0 fully saturated rings. The highest BCUT2D eigenvalue weighted by molar-refractivity contribution is 5.50. The first kappa shape index (κ1) is 16.4. The Bertz CT molecular complexity index is 1010. The van der Waals surface area contributed by atoms with Crippen LogP contribution in [0.2, 0.25) is 0 Å². The maximum absolute atomic E-state index is 12.4. The fourth-order valence-corrected chi connectivity index (χ4v) is 3.41. The minimum Gasteiger partial charge on any atom is -0.324 e. The van der Waals surface area contributed by atoms with Crippen molar-refractivity contribution in [2.45, 2.75) is 13.0 Å². The van der Waals surface area contributed by atoms with Crippen molar-refractivity contribution in [3.63, 3.8) is 0 Å². The molecule has 132 valence electrons. The van der Waals surface area contributed by atoms with Gasteiger partial charge in [0, 0.05) is 6.42 Å². The molecule has 0 bridgehead atoms. The maximum atomic E-state index is 12.4. The van der Waals surface area contributed by atoms with E-state index in [2.05, 4.69) is 22.4 Å². The molecule has 1 atom stereocenters. The molecule has 0 radical (unpaired) electrons. The van der Waals surface area contributed by atoms with E-state index in [1.54, 1.807) is 4.57 Å². The van der Waals surface area contributed by atoms with Crippen molar-refractivity contribution < 1.29 is 4.90 Å². The van der Waals surface area contributed by atoms with E-state index in [1.807, 2.05) is 48.5 Å². The predicted octanol–water partition coefficient (Wildman–Crippen LogP) is 0.536. The molecule has 2 aromatic carbocycles. The highest BCUT2D eigenvalue weighted by Crippen LogP contribution is 2.15. The van der Waals surface area contributed by atoms with Gasteiger partial charge in [0.25, 0.3) is 5.56 Å². The predicted molar refractivity (Wildman–Crippen MR) is 101 cm³/mol. The molecular formula is C20H21N4O2+. The lowest BCUT2D eigenvalue weighted by Gasteiger charge is -2.28. The van der Waals surface area contributed by atoms with Crippen LogP contribution in [0.1, 0.15) is 11.1 Å². The lowest BCUT2D eigenvalue weighted by atomic mass is 10.1.